The first kappa shape index (κ1) is 29.7. The number of fused-ring (bicyclic) bond motifs is 1. The van der Waals surface area contributed by atoms with E-state index < -0.39 is 29.3 Å². The van der Waals surface area contributed by atoms with Gasteiger partial charge in [-0.25, -0.2) is 14.2 Å². The Morgan fingerprint density at radius 3 is 2.58 bits per heavy atom. The smallest absolute Gasteiger partial charge is 0.408 e. The van der Waals surface area contributed by atoms with E-state index >= 15 is 0 Å². The zero-order chi connectivity index (χ0) is 30.5. The van der Waals surface area contributed by atoms with Gasteiger partial charge < -0.3 is 20.4 Å². The maximum absolute atomic E-state index is 14.2. The van der Waals surface area contributed by atoms with Gasteiger partial charge in [0.1, 0.15) is 11.6 Å². The Balaban J connectivity index is 1.44. The topological polar surface area (TPSA) is 135 Å². The Morgan fingerprint density at radius 2 is 1.84 bits per heavy atom. The average Bonchev–Trinajstić information content (AvgIpc) is 3.32. The zero-order valence-corrected chi connectivity index (χ0v) is 24.1. The number of aryl methyl sites for hydroxylation is 1. The maximum Gasteiger partial charge on any atom is 0.419 e. The third-order valence-corrected chi connectivity index (χ3v) is 7.85. The van der Waals surface area contributed by atoms with Gasteiger partial charge in [-0.2, -0.15) is 0 Å². The van der Waals surface area contributed by atoms with Crippen molar-refractivity contribution in [1.82, 2.24) is 9.55 Å². The highest BCUT2D eigenvalue weighted by atomic mass is 19.1. The molecular weight excluding hydrogens is 553 g/mol. The van der Waals surface area contributed by atoms with E-state index in [4.69, 9.17) is 4.42 Å². The molecule has 1 fully saturated rings. The van der Waals surface area contributed by atoms with Gasteiger partial charge in [0.15, 0.2) is 5.58 Å². The van der Waals surface area contributed by atoms with Gasteiger partial charge in [0, 0.05) is 36.5 Å². The first-order valence-electron chi connectivity index (χ1n) is 14.5. The molecule has 1 aliphatic carbocycles. The fraction of sp³-hybridized carbons (Fsp3) is 0.344. The van der Waals surface area contributed by atoms with Crippen LogP contribution in [0.5, 0.6) is 0 Å². The standard InChI is InChI=1S/C32H34FN5O5/c1-3-38-27-17-21(11-14-28(27)43-32(38)42)30(40)37-29-23(10-7-15-34-29)24(16-20-8-5-4-6-9-20)31(41)36-22-12-13-25(33)26(18-22)35-19(2)39/h7,10-15,17-18,20,24H,3-6,8-9,16H2,1-2H3,(H,35,39)(H,36,41)(H,34,37,40)/t24-/m0/s1. The predicted octanol–water partition coefficient (Wildman–Crippen LogP) is 6.05. The van der Waals surface area contributed by atoms with E-state index in [1.807, 2.05) is 6.92 Å². The van der Waals surface area contributed by atoms with Crippen LogP contribution in [0.1, 0.15) is 74.2 Å². The van der Waals surface area contributed by atoms with Crippen LogP contribution in [0.2, 0.25) is 0 Å². The van der Waals surface area contributed by atoms with Gasteiger partial charge in [0.05, 0.1) is 17.1 Å². The van der Waals surface area contributed by atoms with Gasteiger partial charge in [-0.05, 0) is 61.7 Å². The van der Waals surface area contributed by atoms with Gasteiger partial charge >= 0.3 is 5.76 Å². The number of aromatic nitrogens is 2. The second-order valence-corrected chi connectivity index (χ2v) is 10.8. The zero-order valence-electron chi connectivity index (χ0n) is 24.1. The van der Waals surface area contributed by atoms with Crippen molar-refractivity contribution in [3.63, 3.8) is 0 Å². The van der Waals surface area contributed by atoms with Gasteiger partial charge in [0.25, 0.3) is 5.91 Å². The van der Waals surface area contributed by atoms with Crippen LogP contribution in [0, 0.1) is 11.7 Å². The molecule has 2 aromatic heterocycles. The van der Waals surface area contributed by atoms with Gasteiger partial charge in [-0.1, -0.05) is 38.2 Å². The summed E-state index contributed by atoms with van der Waals surface area (Å²) in [5.41, 5.74) is 2.04. The van der Waals surface area contributed by atoms with Crippen molar-refractivity contribution in [1.29, 1.82) is 0 Å². The van der Waals surface area contributed by atoms with Crippen molar-refractivity contribution in [2.45, 2.75) is 64.8 Å². The molecule has 10 nitrogen and oxygen atoms in total. The minimum Gasteiger partial charge on any atom is -0.408 e. The fourth-order valence-electron chi connectivity index (χ4n) is 5.74. The lowest BCUT2D eigenvalue weighted by Gasteiger charge is -2.27. The summed E-state index contributed by atoms with van der Waals surface area (Å²) in [6.45, 7) is 3.48. The van der Waals surface area contributed by atoms with Crippen molar-refractivity contribution in [2.24, 2.45) is 5.92 Å². The molecule has 1 saturated carbocycles. The third kappa shape index (κ3) is 6.82. The Labute approximate surface area is 247 Å². The van der Waals surface area contributed by atoms with Crippen LogP contribution in [0.25, 0.3) is 11.1 Å². The summed E-state index contributed by atoms with van der Waals surface area (Å²) in [6.07, 6.45) is 7.43. The van der Waals surface area contributed by atoms with Gasteiger partial charge in [-0.3, -0.25) is 19.0 Å². The number of carbonyl (C=O) groups is 3. The highest BCUT2D eigenvalue weighted by Gasteiger charge is 2.29. The van der Waals surface area contributed by atoms with Crippen LogP contribution in [0.4, 0.5) is 21.6 Å². The van der Waals surface area contributed by atoms with Crippen LogP contribution in [-0.4, -0.2) is 27.3 Å². The molecule has 4 aromatic rings. The third-order valence-electron chi connectivity index (χ3n) is 7.85. The summed E-state index contributed by atoms with van der Waals surface area (Å²) in [6, 6.07) is 12.2. The predicted molar refractivity (Wildman–Crippen MR) is 162 cm³/mol. The lowest BCUT2D eigenvalue weighted by Crippen LogP contribution is -2.26. The molecule has 2 heterocycles. The Morgan fingerprint density at radius 1 is 1.05 bits per heavy atom. The molecule has 0 spiro atoms. The second-order valence-electron chi connectivity index (χ2n) is 10.8. The average molecular weight is 588 g/mol. The fourth-order valence-corrected chi connectivity index (χ4v) is 5.74. The maximum atomic E-state index is 14.2. The van der Waals surface area contributed by atoms with Crippen molar-refractivity contribution >= 4 is 46.0 Å². The summed E-state index contributed by atoms with van der Waals surface area (Å²) in [5, 5.41) is 8.18. The number of rotatable bonds is 9. The Bertz CT molecular complexity index is 1720. The molecular formula is C32H34FN5O5. The first-order chi connectivity index (χ1) is 20.7. The second kappa shape index (κ2) is 13.0. The minimum absolute atomic E-state index is 0.0356. The Hall–Kier alpha value is -4.80. The quantitative estimate of drug-likeness (QED) is 0.218. The number of halogens is 1. The number of benzene rings is 2. The van der Waals surface area contributed by atoms with Crippen LogP contribution < -0.4 is 21.7 Å². The molecule has 43 heavy (non-hydrogen) atoms. The number of amides is 3. The molecule has 11 heteroatoms. The highest BCUT2D eigenvalue weighted by Crippen LogP contribution is 2.36. The number of carbonyl (C=O) groups excluding carboxylic acids is 3. The van der Waals surface area contributed by atoms with E-state index in [2.05, 4.69) is 20.9 Å². The number of pyridine rings is 1. The lowest BCUT2D eigenvalue weighted by atomic mass is 9.80. The molecule has 1 aliphatic rings. The number of nitrogens with zero attached hydrogens (tertiary/aromatic N) is 2. The summed E-state index contributed by atoms with van der Waals surface area (Å²) >= 11 is 0. The highest BCUT2D eigenvalue weighted by molar-refractivity contribution is 6.06. The van der Waals surface area contributed by atoms with Gasteiger partial charge in [0.2, 0.25) is 11.8 Å². The molecule has 2 aromatic carbocycles. The minimum atomic E-state index is -0.664. The van der Waals surface area contributed by atoms with Crippen molar-refractivity contribution in [2.75, 3.05) is 16.0 Å². The molecule has 0 radical (unpaired) electrons. The largest absolute Gasteiger partial charge is 0.419 e. The summed E-state index contributed by atoms with van der Waals surface area (Å²) in [7, 11) is 0. The van der Waals surface area contributed by atoms with Crippen molar-refractivity contribution in [3.8, 4) is 0 Å². The SMILES string of the molecule is CCn1c(=O)oc2ccc(C(=O)Nc3ncccc3[C@H](CC3CCCCC3)C(=O)Nc3ccc(F)c(NC(C)=O)c3)cc21. The molecule has 3 N–H and O–H groups in total. The number of hydrogen-bond acceptors (Lipinski definition) is 6. The lowest BCUT2D eigenvalue weighted by molar-refractivity contribution is -0.118. The monoisotopic (exact) mass is 587 g/mol. The van der Waals surface area contributed by atoms with Crippen LogP contribution in [0.15, 0.2) is 63.9 Å². The molecule has 1 atom stereocenters. The summed E-state index contributed by atoms with van der Waals surface area (Å²) < 4.78 is 20.9. The van der Waals surface area contributed by atoms with Crippen molar-refractivity contribution in [3.05, 3.63) is 82.2 Å². The van der Waals surface area contributed by atoms with Crippen molar-refractivity contribution < 1.29 is 23.2 Å². The van der Waals surface area contributed by atoms with Crippen LogP contribution >= 0.6 is 0 Å². The number of nitrogens with one attached hydrogen (secondary N) is 3. The van der Waals surface area contributed by atoms with Crippen LogP contribution in [-0.2, 0) is 16.1 Å². The molecule has 0 aliphatic heterocycles. The molecule has 0 bridgehead atoms. The molecule has 0 unspecified atom stereocenters. The number of hydrogen-bond donors (Lipinski definition) is 3. The van der Waals surface area contributed by atoms with E-state index in [0.717, 1.165) is 32.1 Å². The van der Waals surface area contributed by atoms with E-state index in [1.165, 1.54) is 29.7 Å². The Kier molecular flexibility index (Phi) is 8.98. The van der Waals surface area contributed by atoms with E-state index in [0.29, 0.717) is 46.8 Å². The molecule has 0 saturated heterocycles. The number of oxazole rings is 1. The summed E-state index contributed by atoms with van der Waals surface area (Å²) in [5.74, 6) is -2.43. The molecule has 5 rings (SSSR count). The van der Waals surface area contributed by atoms with Gasteiger partial charge in [-0.15, -0.1) is 0 Å². The number of anilines is 3. The summed E-state index contributed by atoms with van der Waals surface area (Å²) in [4.78, 5) is 55.3. The first-order valence-corrected chi connectivity index (χ1v) is 14.5. The van der Waals surface area contributed by atoms with E-state index in [1.54, 1.807) is 36.5 Å². The van der Waals surface area contributed by atoms with E-state index in [9.17, 15) is 23.6 Å². The normalized spacial score (nSPS) is 14.3. The molecule has 3 amide bonds. The van der Waals surface area contributed by atoms with Crippen LogP contribution in [0.3, 0.4) is 0 Å². The molecule has 224 valence electrons. The van der Waals surface area contributed by atoms with E-state index in [-0.39, 0.29) is 17.4 Å².